The highest BCUT2D eigenvalue weighted by molar-refractivity contribution is 5.88. The number of benzene rings is 2. The Balaban J connectivity index is 1.48. The zero-order valence-electron chi connectivity index (χ0n) is 15.9. The fourth-order valence-electron chi connectivity index (χ4n) is 3.21. The number of guanidine groups is 1. The first-order valence-corrected chi connectivity index (χ1v) is 9.18. The van der Waals surface area contributed by atoms with Crippen LogP contribution in [-0.2, 0) is 17.8 Å². The van der Waals surface area contributed by atoms with Crippen molar-refractivity contribution < 1.29 is 9.53 Å². The van der Waals surface area contributed by atoms with Gasteiger partial charge in [-0.15, -0.1) is 0 Å². The van der Waals surface area contributed by atoms with Crippen molar-refractivity contribution in [1.82, 2.24) is 10.2 Å². The summed E-state index contributed by atoms with van der Waals surface area (Å²) in [5, 5.41) is 6.12. The number of ether oxygens (including phenoxy) is 1. The third kappa shape index (κ3) is 5.23. The maximum Gasteiger partial charge on any atom is 0.221 e. The van der Waals surface area contributed by atoms with E-state index in [4.69, 9.17) is 4.74 Å². The van der Waals surface area contributed by atoms with Crippen LogP contribution in [0.1, 0.15) is 18.1 Å². The number of hydrogen-bond donors (Lipinski definition) is 2. The summed E-state index contributed by atoms with van der Waals surface area (Å²) >= 11 is 0. The van der Waals surface area contributed by atoms with Crippen molar-refractivity contribution in [2.75, 3.05) is 32.1 Å². The number of carbonyl (C=O) groups is 1. The summed E-state index contributed by atoms with van der Waals surface area (Å²) in [5.74, 6) is 1.52. The monoisotopic (exact) mass is 366 g/mol. The molecule has 1 aliphatic rings. The number of fused-ring (bicyclic) bond motifs is 1. The fourth-order valence-corrected chi connectivity index (χ4v) is 3.21. The van der Waals surface area contributed by atoms with E-state index in [1.165, 1.54) is 18.1 Å². The Morgan fingerprint density at radius 1 is 1.19 bits per heavy atom. The Hall–Kier alpha value is -3.02. The number of nitrogens with zero attached hydrogens (tertiary/aromatic N) is 2. The Morgan fingerprint density at radius 2 is 2.00 bits per heavy atom. The Bertz CT molecular complexity index is 819. The van der Waals surface area contributed by atoms with Crippen LogP contribution >= 0.6 is 0 Å². The van der Waals surface area contributed by atoms with Gasteiger partial charge in [-0.2, -0.15) is 0 Å². The first-order chi connectivity index (χ1) is 13.2. The van der Waals surface area contributed by atoms with E-state index in [1.54, 1.807) is 7.05 Å². The minimum atomic E-state index is -0.0966. The van der Waals surface area contributed by atoms with Crippen molar-refractivity contribution in [3.05, 3.63) is 59.7 Å². The third-order valence-corrected chi connectivity index (χ3v) is 4.45. The Morgan fingerprint density at radius 3 is 2.78 bits per heavy atom. The van der Waals surface area contributed by atoms with E-state index in [0.717, 1.165) is 36.9 Å². The predicted octanol–water partition coefficient (Wildman–Crippen LogP) is 2.66. The molecule has 3 rings (SSSR count). The first kappa shape index (κ1) is 18.8. The van der Waals surface area contributed by atoms with Crippen LogP contribution < -0.4 is 15.4 Å². The molecule has 0 radical (unpaired) electrons. The molecule has 0 spiro atoms. The molecule has 1 aliphatic heterocycles. The summed E-state index contributed by atoms with van der Waals surface area (Å²) < 4.78 is 5.78. The van der Waals surface area contributed by atoms with Crippen molar-refractivity contribution in [3.63, 3.8) is 0 Å². The molecular formula is C21H26N4O2. The average Bonchev–Trinajstić information content (AvgIpc) is 2.67. The number of nitrogens with one attached hydrogen (secondary N) is 2. The van der Waals surface area contributed by atoms with Crippen LogP contribution in [0, 0.1) is 0 Å². The molecule has 6 nitrogen and oxygen atoms in total. The molecule has 0 atom stereocenters. The molecule has 2 aromatic rings. The van der Waals surface area contributed by atoms with E-state index in [2.05, 4.69) is 44.8 Å². The summed E-state index contributed by atoms with van der Waals surface area (Å²) in [7, 11) is 1.81. The lowest BCUT2D eigenvalue weighted by molar-refractivity contribution is -0.114. The summed E-state index contributed by atoms with van der Waals surface area (Å²) in [6.45, 7) is 4.47. The highest BCUT2D eigenvalue weighted by Gasteiger charge is 2.18. The maximum atomic E-state index is 11.1. The Labute approximate surface area is 160 Å². The fraction of sp³-hybridized carbons (Fsp3) is 0.333. The largest absolute Gasteiger partial charge is 0.492 e. The van der Waals surface area contributed by atoms with Crippen LogP contribution in [0.4, 0.5) is 5.69 Å². The highest BCUT2D eigenvalue weighted by atomic mass is 16.5. The molecule has 0 saturated carbocycles. The van der Waals surface area contributed by atoms with Gasteiger partial charge in [0, 0.05) is 38.8 Å². The summed E-state index contributed by atoms with van der Waals surface area (Å²) in [5.41, 5.74) is 3.51. The van der Waals surface area contributed by atoms with Crippen molar-refractivity contribution in [3.8, 4) is 5.75 Å². The highest BCUT2D eigenvalue weighted by Crippen LogP contribution is 2.19. The van der Waals surface area contributed by atoms with E-state index < -0.39 is 0 Å². The number of rotatable bonds is 5. The molecule has 0 bridgehead atoms. The van der Waals surface area contributed by atoms with Crippen LogP contribution in [0.2, 0.25) is 0 Å². The van der Waals surface area contributed by atoms with Gasteiger partial charge >= 0.3 is 0 Å². The SMILES string of the molecule is CN=C(NCCOc1cccc(NC(C)=O)c1)N1CCc2ccccc2C1. The van der Waals surface area contributed by atoms with Gasteiger partial charge in [0.25, 0.3) is 0 Å². The molecule has 1 amide bonds. The number of amides is 1. The van der Waals surface area contributed by atoms with E-state index in [1.807, 2.05) is 24.3 Å². The zero-order chi connectivity index (χ0) is 19.1. The quantitative estimate of drug-likeness (QED) is 0.485. The number of aliphatic imine (C=N–C) groups is 1. The lowest BCUT2D eigenvalue weighted by Crippen LogP contribution is -2.45. The van der Waals surface area contributed by atoms with Crippen LogP contribution in [0.5, 0.6) is 5.75 Å². The van der Waals surface area contributed by atoms with Crippen molar-refractivity contribution in [2.45, 2.75) is 19.9 Å². The van der Waals surface area contributed by atoms with Gasteiger partial charge in [-0.1, -0.05) is 30.3 Å². The second kappa shape index (κ2) is 9.07. The molecular weight excluding hydrogens is 340 g/mol. The van der Waals surface area contributed by atoms with Gasteiger partial charge < -0.3 is 20.3 Å². The second-order valence-corrected chi connectivity index (χ2v) is 6.47. The molecule has 2 aromatic carbocycles. The topological polar surface area (TPSA) is 66.0 Å². The molecule has 142 valence electrons. The van der Waals surface area contributed by atoms with Crippen molar-refractivity contribution in [2.24, 2.45) is 4.99 Å². The van der Waals surface area contributed by atoms with E-state index in [-0.39, 0.29) is 5.91 Å². The molecule has 6 heteroatoms. The van der Waals surface area contributed by atoms with E-state index in [9.17, 15) is 4.79 Å². The van der Waals surface area contributed by atoms with Crippen LogP contribution in [0.25, 0.3) is 0 Å². The first-order valence-electron chi connectivity index (χ1n) is 9.18. The van der Waals surface area contributed by atoms with Crippen LogP contribution in [0.15, 0.2) is 53.5 Å². The van der Waals surface area contributed by atoms with E-state index >= 15 is 0 Å². The number of anilines is 1. The summed E-state index contributed by atoms with van der Waals surface area (Å²) in [6, 6.07) is 16.0. The maximum absolute atomic E-state index is 11.1. The number of carbonyl (C=O) groups excluding carboxylic acids is 1. The standard InChI is InChI=1S/C21H26N4O2/c1-16(26)24-19-8-5-9-20(14-19)27-13-11-23-21(22-2)25-12-10-17-6-3-4-7-18(17)15-25/h3-9,14H,10-13,15H2,1-2H3,(H,22,23)(H,24,26). The van der Waals surface area contributed by atoms with Crippen LogP contribution in [-0.4, -0.2) is 43.5 Å². The summed E-state index contributed by atoms with van der Waals surface area (Å²) in [6.07, 6.45) is 1.03. The molecule has 1 heterocycles. The second-order valence-electron chi connectivity index (χ2n) is 6.47. The molecule has 0 fully saturated rings. The van der Waals surface area contributed by atoms with Crippen molar-refractivity contribution in [1.29, 1.82) is 0 Å². The lowest BCUT2D eigenvalue weighted by atomic mass is 10.0. The van der Waals surface area contributed by atoms with E-state index in [0.29, 0.717) is 13.2 Å². The van der Waals surface area contributed by atoms with Gasteiger partial charge in [0.15, 0.2) is 5.96 Å². The smallest absolute Gasteiger partial charge is 0.221 e. The normalized spacial score (nSPS) is 13.7. The molecule has 27 heavy (non-hydrogen) atoms. The van der Waals surface area contributed by atoms with Gasteiger partial charge in [0.05, 0.1) is 6.54 Å². The van der Waals surface area contributed by atoms with Gasteiger partial charge in [-0.3, -0.25) is 9.79 Å². The molecule has 2 N–H and O–H groups in total. The third-order valence-electron chi connectivity index (χ3n) is 4.45. The lowest BCUT2D eigenvalue weighted by Gasteiger charge is -2.31. The van der Waals surface area contributed by atoms with Crippen LogP contribution in [0.3, 0.4) is 0 Å². The van der Waals surface area contributed by atoms with Gasteiger partial charge in [-0.05, 0) is 29.7 Å². The minimum Gasteiger partial charge on any atom is -0.492 e. The summed E-state index contributed by atoms with van der Waals surface area (Å²) in [4.78, 5) is 17.8. The van der Waals surface area contributed by atoms with Crippen molar-refractivity contribution >= 4 is 17.6 Å². The molecule has 0 saturated heterocycles. The average molecular weight is 366 g/mol. The molecule has 0 aliphatic carbocycles. The molecule has 0 unspecified atom stereocenters. The van der Waals surface area contributed by atoms with Gasteiger partial charge in [0.2, 0.25) is 5.91 Å². The minimum absolute atomic E-state index is 0.0966. The molecule has 0 aromatic heterocycles. The zero-order valence-corrected chi connectivity index (χ0v) is 15.9. The van der Waals surface area contributed by atoms with Gasteiger partial charge in [-0.25, -0.2) is 0 Å². The Kier molecular flexibility index (Phi) is 6.30. The van der Waals surface area contributed by atoms with Gasteiger partial charge in [0.1, 0.15) is 12.4 Å². The number of hydrogen-bond acceptors (Lipinski definition) is 3. The predicted molar refractivity (Wildman–Crippen MR) is 108 cm³/mol.